The maximum absolute atomic E-state index is 13.6. The SMILES string of the molecule is CNC(C)Cc1cc2occc2cc1F. The zero-order chi connectivity index (χ0) is 10.8. The molecule has 1 atom stereocenters. The number of rotatable bonds is 3. The molecule has 0 aliphatic carbocycles. The van der Waals surface area contributed by atoms with Crippen molar-refractivity contribution >= 4 is 11.0 Å². The van der Waals surface area contributed by atoms with E-state index in [9.17, 15) is 4.39 Å². The predicted octanol–water partition coefficient (Wildman–Crippen LogP) is 2.72. The predicted molar refractivity (Wildman–Crippen MR) is 58.4 cm³/mol. The molecule has 0 aliphatic rings. The topological polar surface area (TPSA) is 25.2 Å². The number of halogens is 1. The molecule has 0 spiro atoms. The molecule has 3 heteroatoms. The fraction of sp³-hybridized carbons (Fsp3) is 0.333. The Morgan fingerprint density at radius 1 is 1.47 bits per heavy atom. The molecule has 1 aromatic carbocycles. The molecule has 1 unspecified atom stereocenters. The van der Waals surface area contributed by atoms with E-state index < -0.39 is 0 Å². The normalized spacial score (nSPS) is 13.3. The number of hydrogen-bond acceptors (Lipinski definition) is 2. The van der Waals surface area contributed by atoms with Gasteiger partial charge in [0.2, 0.25) is 0 Å². The van der Waals surface area contributed by atoms with Crippen molar-refractivity contribution in [1.29, 1.82) is 0 Å². The van der Waals surface area contributed by atoms with E-state index in [-0.39, 0.29) is 11.9 Å². The van der Waals surface area contributed by atoms with Crippen LogP contribution in [0.15, 0.2) is 28.9 Å². The zero-order valence-corrected chi connectivity index (χ0v) is 8.88. The monoisotopic (exact) mass is 207 g/mol. The highest BCUT2D eigenvalue weighted by atomic mass is 19.1. The highest BCUT2D eigenvalue weighted by Crippen LogP contribution is 2.21. The second-order valence-corrected chi connectivity index (χ2v) is 3.80. The molecule has 2 rings (SSSR count). The zero-order valence-electron chi connectivity index (χ0n) is 8.88. The largest absolute Gasteiger partial charge is 0.464 e. The van der Waals surface area contributed by atoms with E-state index in [0.717, 1.165) is 11.0 Å². The first-order chi connectivity index (χ1) is 7.20. The van der Waals surface area contributed by atoms with Crippen LogP contribution in [0.1, 0.15) is 12.5 Å². The minimum atomic E-state index is -0.161. The Morgan fingerprint density at radius 3 is 3.00 bits per heavy atom. The molecule has 0 radical (unpaired) electrons. The Bertz CT molecular complexity index is 464. The number of hydrogen-bond donors (Lipinski definition) is 1. The van der Waals surface area contributed by atoms with Crippen molar-refractivity contribution in [3.63, 3.8) is 0 Å². The first-order valence-corrected chi connectivity index (χ1v) is 5.03. The van der Waals surface area contributed by atoms with E-state index >= 15 is 0 Å². The molecular formula is C12H14FNO. The molecule has 0 bridgehead atoms. The molecule has 0 fully saturated rings. The number of likely N-dealkylation sites (N-methyl/N-ethyl adjacent to an activating group) is 1. The molecule has 1 heterocycles. The third kappa shape index (κ3) is 2.02. The molecule has 0 amide bonds. The Balaban J connectivity index is 2.37. The summed E-state index contributed by atoms with van der Waals surface area (Å²) in [6, 6.07) is 5.32. The highest BCUT2D eigenvalue weighted by Gasteiger charge is 2.09. The fourth-order valence-corrected chi connectivity index (χ4v) is 1.61. The summed E-state index contributed by atoms with van der Waals surface area (Å²) in [7, 11) is 1.87. The van der Waals surface area contributed by atoms with E-state index in [4.69, 9.17) is 4.42 Å². The summed E-state index contributed by atoms with van der Waals surface area (Å²) in [5.41, 5.74) is 1.44. The van der Waals surface area contributed by atoms with Crippen molar-refractivity contribution in [1.82, 2.24) is 5.32 Å². The molecule has 1 aromatic heterocycles. The van der Waals surface area contributed by atoms with Crippen LogP contribution >= 0.6 is 0 Å². The van der Waals surface area contributed by atoms with Gasteiger partial charge in [0.25, 0.3) is 0 Å². The van der Waals surface area contributed by atoms with Gasteiger partial charge in [0, 0.05) is 11.4 Å². The van der Waals surface area contributed by atoms with Gasteiger partial charge in [0.15, 0.2) is 0 Å². The van der Waals surface area contributed by atoms with Crippen LogP contribution in [-0.4, -0.2) is 13.1 Å². The molecule has 2 nitrogen and oxygen atoms in total. The van der Waals surface area contributed by atoms with Crippen LogP contribution in [0.4, 0.5) is 4.39 Å². The van der Waals surface area contributed by atoms with Crippen molar-refractivity contribution < 1.29 is 8.81 Å². The smallest absolute Gasteiger partial charge is 0.134 e. The number of furan rings is 1. The molecule has 1 N–H and O–H groups in total. The lowest BCUT2D eigenvalue weighted by molar-refractivity contribution is 0.562. The van der Waals surface area contributed by atoms with Gasteiger partial charge in [0.1, 0.15) is 11.4 Å². The van der Waals surface area contributed by atoms with E-state index in [1.165, 1.54) is 6.07 Å². The minimum Gasteiger partial charge on any atom is -0.464 e. The fourth-order valence-electron chi connectivity index (χ4n) is 1.61. The lowest BCUT2D eigenvalue weighted by Gasteiger charge is -2.10. The second kappa shape index (κ2) is 4.03. The molecule has 0 saturated heterocycles. The summed E-state index contributed by atoms with van der Waals surface area (Å²) < 4.78 is 18.9. The average Bonchev–Trinajstić information content (AvgIpc) is 2.65. The summed E-state index contributed by atoms with van der Waals surface area (Å²) in [4.78, 5) is 0. The van der Waals surface area contributed by atoms with E-state index in [1.54, 1.807) is 18.4 Å². The van der Waals surface area contributed by atoms with Gasteiger partial charge in [0.05, 0.1) is 6.26 Å². The molecule has 0 aliphatic heterocycles. The Kier molecular flexibility index (Phi) is 2.73. The Morgan fingerprint density at radius 2 is 2.27 bits per heavy atom. The lowest BCUT2D eigenvalue weighted by atomic mass is 10.1. The van der Waals surface area contributed by atoms with Crippen LogP contribution in [0, 0.1) is 5.82 Å². The van der Waals surface area contributed by atoms with Gasteiger partial charge in [-0.3, -0.25) is 0 Å². The summed E-state index contributed by atoms with van der Waals surface area (Å²) in [6.07, 6.45) is 2.24. The first-order valence-electron chi connectivity index (χ1n) is 5.03. The molecule has 15 heavy (non-hydrogen) atoms. The van der Waals surface area contributed by atoms with E-state index in [2.05, 4.69) is 5.32 Å². The van der Waals surface area contributed by atoms with Crippen molar-refractivity contribution in [2.75, 3.05) is 7.05 Å². The van der Waals surface area contributed by atoms with E-state index in [1.807, 2.05) is 14.0 Å². The van der Waals surface area contributed by atoms with Gasteiger partial charge in [-0.15, -0.1) is 0 Å². The molecule has 0 saturated carbocycles. The van der Waals surface area contributed by atoms with Gasteiger partial charge in [-0.25, -0.2) is 4.39 Å². The van der Waals surface area contributed by atoms with Gasteiger partial charge >= 0.3 is 0 Å². The van der Waals surface area contributed by atoms with Gasteiger partial charge in [-0.2, -0.15) is 0 Å². The van der Waals surface area contributed by atoms with Crippen LogP contribution in [0.5, 0.6) is 0 Å². The summed E-state index contributed by atoms with van der Waals surface area (Å²) in [5.74, 6) is -0.161. The van der Waals surface area contributed by atoms with Crippen molar-refractivity contribution in [2.24, 2.45) is 0 Å². The second-order valence-electron chi connectivity index (χ2n) is 3.80. The highest BCUT2D eigenvalue weighted by molar-refractivity contribution is 5.77. The third-order valence-electron chi connectivity index (χ3n) is 2.64. The molecule has 80 valence electrons. The number of fused-ring (bicyclic) bond motifs is 1. The summed E-state index contributed by atoms with van der Waals surface area (Å²) in [6.45, 7) is 2.02. The summed E-state index contributed by atoms with van der Waals surface area (Å²) >= 11 is 0. The maximum atomic E-state index is 13.6. The quantitative estimate of drug-likeness (QED) is 0.837. The Hall–Kier alpha value is -1.35. The standard InChI is InChI=1S/C12H14FNO/c1-8(14-2)5-10-7-12-9(3-4-15-12)6-11(10)13/h3-4,6-8,14H,5H2,1-2H3. The van der Waals surface area contributed by atoms with Gasteiger partial charge in [-0.1, -0.05) is 0 Å². The Labute approximate surface area is 88.1 Å². The summed E-state index contributed by atoms with van der Waals surface area (Å²) in [5, 5.41) is 3.90. The van der Waals surface area contributed by atoms with Crippen LogP contribution in [0.25, 0.3) is 11.0 Å². The van der Waals surface area contributed by atoms with Gasteiger partial charge in [-0.05, 0) is 44.2 Å². The van der Waals surface area contributed by atoms with Crippen LogP contribution < -0.4 is 5.32 Å². The van der Waals surface area contributed by atoms with Crippen LogP contribution in [0.2, 0.25) is 0 Å². The maximum Gasteiger partial charge on any atom is 0.134 e. The van der Waals surface area contributed by atoms with E-state index in [0.29, 0.717) is 12.0 Å². The third-order valence-corrected chi connectivity index (χ3v) is 2.64. The van der Waals surface area contributed by atoms with Crippen LogP contribution in [-0.2, 0) is 6.42 Å². The number of benzene rings is 1. The molecule has 2 aromatic rings. The van der Waals surface area contributed by atoms with Crippen molar-refractivity contribution in [3.8, 4) is 0 Å². The molecular weight excluding hydrogens is 193 g/mol. The van der Waals surface area contributed by atoms with Gasteiger partial charge < -0.3 is 9.73 Å². The lowest BCUT2D eigenvalue weighted by Crippen LogP contribution is -2.23. The van der Waals surface area contributed by atoms with Crippen LogP contribution in [0.3, 0.4) is 0 Å². The van der Waals surface area contributed by atoms with Crippen molar-refractivity contribution in [3.05, 3.63) is 35.8 Å². The average molecular weight is 207 g/mol. The first kappa shape index (κ1) is 10.2. The number of nitrogens with one attached hydrogen (secondary N) is 1. The minimum absolute atomic E-state index is 0.161. The van der Waals surface area contributed by atoms with Crippen molar-refractivity contribution in [2.45, 2.75) is 19.4 Å².